The van der Waals surface area contributed by atoms with Gasteiger partial charge in [-0.25, -0.2) is 0 Å². The molecule has 6 heteroatoms. The van der Waals surface area contributed by atoms with Gasteiger partial charge in [0.2, 0.25) is 5.91 Å². The Balaban J connectivity index is 3.36. The third kappa shape index (κ3) is 55.7. The van der Waals surface area contributed by atoms with E-state index < -0.39 is 12.1 Å². The Morgan fingerprint density at radius 1 is 0.386 bits per heavy atom. The van der Waals surface area contributed by atoms with Gasteiger partial charge in [0.15, 0.2) is 0 Å². The van der Waals surface area contributed by atoms with E-state index in [4.69, 9.17) is 4.74 Å². The number of unbranched alkanes of at least 4 members (excludes halogenated alkanes) is 46. The van der Waals surface area contributed by atoms with E-state index in [0.29, 0.717) is 19.4 Å². The number of nitrogens with one attached hydrogen (secondary N) is 1. The number of aliphatic hydroxyl groups excluding tert-OH is 2. The summed E-state index contributed by atoms with van der Waals surface area (Å²) in [5, 5.41) is 23.0. The van der Waals surface area contributed by atoms with Gasteiger partial charge < -0.3 is 20.3 Å². The molecule has 0 heterocycles. The minimum Gasteiger partial charge on any atom is -0.466 e. The maximum atomic E-state index is 12.4. The molecule has 0 fully saturated rings. The van der Waals surface area contributed by atoms with Gasteiger partial charge in [-0.05, 0) is 57.8 Å². The number of carbonyl (C=O) groups excluding carboxylic acids is 2. The van der Waals surface area contributed by atoms with Crippen LogP contribution < -0.4 is 5.32 Å². The lowest BCUT2D eigenvalue weighted by molar-refractivity contribution is -0.143. The highest BCUT2D eigenvalue weighted by molar-refractivity contribution is 5.76. The predicted octanol–water partition coefficient (Wildman–Crippen LogP) is 19.8. The molecule has 0 aromatic heterocycles. The molecule has 0 radical (unpaired) electrons. The molecule has 0 aliphatic heterocycles. The van der Waals surface area contributed by atoms with Crippen LogP contribution in [0.15, 0.2) is 24.3 Å². The van der Waals surface area contributed by atoms with Crippen molar-refractivity contribution in [3.05, 3.63) is 24.3 Å². The van der Waals surface area contributed by atoms with E-state index in [0.717, 1.165) is 38.5 Å². The van der Waals surface area contributed by atoms with Gasteiger partial charge in [-0.15, -0.1) is 0 Å². The van der Waals surface area contributed by atoms with Crippen LogP contribution in [0.2, 0.25) is 0 Å². The molecule has 0 aliphatic carbocycles. The molecule has 2 unspecified atom stereocenters. The van der Waals surface area contributed by atoms with Crippen molar-refractivity contribution < 1.29 is 24.5 Å². The molecule has 0 aromatic carbocycles. The maximum Gasteiger partial charge on any atom is 0.305 e. The number of amides is 1. The third-order valence-electron chi connectivity index (χ3n) is 14.7. The number of ether oxygens (including phenoxy) is 1. The highest BCUT2D eigenvalue weighted by Crippen LogP contribution is 2.17. The lowest BCUT2D eigenvalue weighted by atomic mass is 10.0. The van der Waals surface area contributed by atoms with E-state index >= 15 is 0 Å². The van der Waals surface area contributed by atoms with Crippen LogP contribution in [0.4, 0.5) is 0 Å². The standard InChI is InChI=1S/C64H123NO5/c1-3-5-7-9-11-13-15-38-42-46-50-54-58-64(69)70-59-55-51-47-43-39-35-33-31-29-27-25-23-21-19-17-16-18-20-22-24-26-28-30-32-34-37-41-45-49-53-57-63(68)65-61(60-66)62(67)56-52-48-44-40-36-14-12-10-8-6-4-2/h17,19,52,56,61-62,66-67H,3-16,18,20-51,53-55,57-60H2,1-2H3,(H,65,68)/b19-17-,56-52+. The molecule has 414 valence electrons. The average Bonchev–Trinajstić information content (AvgIpc) is 3.36. The topological polar surface area (TPSA) is 95.9 Å². The van der Waals surface area contributed by atoms with Crippen LogP contribution in [-0.2, 0) is 14.3 Å². The van der Waals surface area contributed by atoms with Crippen molar-refractivity contribution in [2.24, 2.45) is 0 Å². The molecule has 2 atom stereocenters. The second-order valence-corrected chi connectivity index (χ2v) is 21.7. The number of carbonyl (C=O) groups is 2. The number of rotatable bonds is 59. The van der Waals surface area contributed by atoms with E-state index in [1.54, 1.807) is 6.08 Å². The van der Waals surface area contributed by atoms with Crippen LogP contribution in [0.3, 0.4) is 0 Å². The zero-order valence-corrected chi connectivity index (χ0v) is 47.3. The maximum absolute atomic E-state index is 12.4. The number of aliphatic hydroxyl groups is 2. The first-order valence-corrected chi connectivity index (χ1v) is 31.6. The van der Waals surface area contributed by atoms with E-state index in [2.05, 4.69) is 31.3 Å². The largest absolute Gasteiger partial charge is 0.466 e. The smallest absolute Gasteiger partial charge is 0.305 e. The van der Waals surface area contributed by atoms with Crippen molar-refractivity contribution in [3.63, 3.8) is 0 Å². The summed E-state index contributed by atoms with van der Waals surface area (Å²) >= 11 is 0. The summed E-state index contributed by atoms with van der Waals surface area (Å²) in [4.78, 5) is 24.4. The molecule has 0 bridgehead atoms. The van der Waals surface area contributed by atoms with Gasteiger partial charge in [0, 0.05) is 12.8 Å². The van der Waals surface area contributed by atoms with E-state index in [1.165, 1.54) is 283 Å². The van der Waals surface area contributed by atoms with Crippen LogP contribution in [0.25, 0.3) is 0 Å². The number of hydrogen-bond donors (Lipinski definition) is 3. The lowest BCUT2D eigenvalue weighted by Gasteiger charge is -2.20. The van der Waals surface area contributed by atoms with Gasteiger partial charge in [0.1, 0.15) is 0 Å². The molecular formula is C64H123NO5. The van der Waals surface area contributed by atoms with Crippen LogP contribution in [0.5, 0.6) is 0 Å². The minimum atomic E-state index is -0.841. The lowest BCUT2D eigenvalue weighted by Crippen LogP contribution is -2.45. The average molecular weight is 987 g/mol. The second-order valence-electron chi connectivity index (χ2n) is 21.7. The normalized spacial score (nSPS) is 12.7. The molecule has 0 aliphatic rings. The number of esters is 1. The first-order chi connectivity index (χ1) is 34.5. The Bertz CT molecular complexity index is 1090. The highest BCUT2D eigenvalue weighted by atomic mass is 16.5. The van der Waals surface area contributed by atoms with E-state index in [-0.39, 0.29) is 18.5 Å². The molecule has 6 nitrogen and oxygen atoms in total. The fourth-order valence-electron chi connectivity index (χ4n) is 9.87. The van der Waals surface area contributed by atoms with Gasteiger partial charge in [-0.3, -0.25) is 9.59 Å². The molecule has 3 N–H and O–H groups in total. The van der Waals surface area contributed by atoms with Crippen molar-refractivity contribution in [3.8, 4) is 0 Å². The summed E-state index contributed by atoms with van der Waals surface area (Å²) in [6.45, 7) is 4.91. The number of hydrogen-bond acceptors (Lipinski definition) is 5. The van der Waals surface area contributed by atoms with E-state index in [1.807, 2.05) is 6.08 Å². The van der Waals surface area contributed by atoms with Gasteiger partial charge in [-0.1, -0.05) is 301 Å². The van der Waals surface area contributed by atoms with E-state index in [9.17, 15) is 19.8 Å². The zero-order chi connectivity index (χ0) is 50.7. The summed E-state index contributed by atoms with van der Waals surface area (Å²) in [7, 11) is 0. The Kier molecular flexibility index (Phi) is 58.5. The molecule has 70 heavy (non-hydrogen) atoms. The molecule has 1 amide bonds. The predicted molar refractivity (Wildman–Crippen MR) is 306 cm³/mol. The molecule has 0 saturated carbocycles. The monoisotopic (exact) mass is 986 g/mol. The zero-order valence-electron chi connectivity index (χ0n) is 47.3. The minimum absolute atomic E-state index is 0.0176. The fraction of sp³-hybridized carbons (Fsp3) is 0.906. The quantitative estimate of drug-likeness (QED) is 0.0321. The number of allylic oxidation sites excluding steroid dienone is 3. The Hall–Kier alpha value is -1.66. The molecule has 0 spiro atoms. The summed E-state index contributed by atoms with van der Waals surface area (Å²) < 4.78 is 5.48. The summed E-state index contributed by atoms with van der Waals surface area (Å²) in [6, 6.07) is -0.625. The SMILES string of the molecule is CCCCCCCCCCC/C=C/C(O)C(CO)NC(=O)CCCCCCCCCCCCCCCC/C=C\CCCCCCCCCCCCCCOC(=O)CCCCCCCCCCCCCC. The Labute approximate surface area is 437 Å². The van der Waals surface area contributed by atoms with Crippen molar-refractivity contribution in [1.29, 1.82) is 0 Å². The Morgan fingerprint density at radius 2 is 0.671 bits per heavy atom. The third-order valence-corrected chi connectivity index (χ3v) is 14.7. The highest BCUT2D eigenvalue weighted by Gasteiger charge is 2.18. The van der Waals surface area contributed by atoms with Crippen LogP contribution >= 0.6 is 0 Å². The van der Waals surface area contributed by atoms with Gasteiger partial charge in [0.25, 0.3) is 0 Å². The fourth-order valence-corrected chi connectivity index (χ4v) is 9.87. The van der Waals surface area contributed by atoms with Crippen LogP contribution in [0, 0.1) is 0 Å². The van der Waals surface area contributed by atoms with Gasteiger partial charge >= 0.3 is 5.97 Å². The summed E-state index contributed by atoms with van der Waals surface area (Å²) in [5.41, 5.74) is 0. The van der Waals surface area contributed by atoms with Crippen molar-refractivity contribution in [2.75, 3.05) is 13.2 Å². The van der Waals surface area contributed by atoms with Crippen molar-refractivity contribution >= 4 is 11.9 Å². The first-order valence-electron chi connectivity index (χ1n) is 31.6. The molecular weight excluding hydrogens is 863 g/mol. The summed E-state index contributed by atoms with van der Waals surface area (Å²) in [6.07, 6.45) is 73.8. The second kappa shape index (κ2) is 59.9. The van der Waals surface area contributed by atoms with Crippen LogP contribution in [0.1, 0.15) is 348 Å². The van der Waals surface area contributed by atoms with Gasteiger partial charge in [-0.2, -0.15) is 0 Å². The van der Waals surface area contributed by atoms with Crippen LogP contribution in [-0.4, -0.2) is 47.4 Å². The molecule has 0 rings (SSSR count). The summed E-state index contributed by atoms with van der Waals surface area (Å²) in [5.74, 6) is -0.0490. The van der Waals surface area contributed by atoms with Crippen molar-refractivity contribution in [1.82, 2.24) is 5.32 Å². The Morgan fingerprint density at radius 3 is 1.01 bits per heavy atom. The first kappa shape index (κ1) is 68.3. The van der Waals surface area contributed by atoms with Crippen molar-refractivity contribution in [2.45, 2.75) is 360 Å². The molecule has 0 aromatic rings. The molecule has 0 saturated heterocycles. The van der Waals surface area contributed by atoms with Gasteiger partial charge in [0.05, 0.1) is 25.4 Å².